The summed E-state index contributed by atoms with van der Waals surface area (Å²) in [6.07, 6.45) is 1.72. The molecular weight excluding hydrogens is 348 g/mol. The van der Waals surface area contributed by atoms with Gasteiger partial charge in [-0.2, -0.15) is 0 Å². The Balaban J connectivity index is 2.14. The van der Waals surface area contributed by atoms with E-state index in [9.17, 15) is 4.79 Å². The number of aryl methyl sites for hydroxylation is 1. The number of carbonyl (C=O) groups excluding carboxylic acids is 1. The molecule has 0 aliphatic rings. The molecule has 25 heavy (non-hydrogen) atoms. The molecule has 136 valence electrons. The first-order valence-electron chi connectivity index (χ1n) is 8.70. The minimum absolute atomic E-state index is 0.124. The Labute approximate surface area is 152 Å². The van der Waals surface area contributed by atoms with Gasteiger partial charge in [-0.25, -0.2) is 9.97 Å². The van der Waals surface area contributed by atoms with Crippen LogP contribution in [0.1, 0.15) is 18.5 Å². The van der Waals surface area contributed by atoms with Crippen molar-refractivity contribution in [1.29, 1.82) is 0 Å². The molecule has 0 aliphatic carbocycles. The summed E-state index contributed by atoms with van der Waals surface area (Å²) in [5.74, 6) is 0.483. The van der Waals surface area contributed by atoms with Crippen LogP contribution in [0.5, 0.6) is 5.88 Å². The van der Waals surface area contributed by atoms with Crippen LogP contribution in [0.15, 0.2) is 24.3 Å². The number of fused-ring (bicyclic) bond motifs is 1. The zero-order valence-electron chi connectivity index (χ0n) is 16.0. The first kappa shape index (κ1) is 19.6. The van der Waals surface area contributed by atoms with Crippen LogP contribution in [0.3, 0.4) is 0 Å². The Hall–Kier alpha value is -1.74. The molecule has 0 bridgehead atoms. The van der Waals surface area contributed by atoms with Crippen LogP contribution in [-0.2, 0) is 15.6 Å². The average molecular weight is 377 g/mol. The molecule has 0 amide bonds. The fourth-order valence-electron chi connectivity index (χ4n) is 2.35. The highest BCUT2D eigenvalue weighted by Crippen LogP contribution is 2.23. The molecule has 1 heterocycles. The first-order valence-corrected chi connectivity index (χ1v) is 15.5. The van der Waals surface area contributed by atoms with Crippen molar-refractivity contribution >= 4 is 33.6 Å². The highest BCUT2D eigenvalue weighted by Gasteiger charge is 2.22. The van der Waals surface area contributed by atoms with Gasteiger partial charge in [0.1, 0.15) is 5.69 Å². The van der Waals surface area contributed by atoms with Gasteiger partial charge in [0.25, 0.3) is 5.97 Å². The van der Waals surface area contributed by atoms with Crippen molar-refractivity contribution in [2.75, 3.05) is 0 Å². The van der Waals surface area contributed by atoms with Crippen LogP contribution < -0.4 is 4.43 Å². The van der Waals surface area contributed by atoms with Crippen molar-refractivity contribution in [1.82, 2.24) is 9.97 Å². The summed E-state index contributed by atoms with van der Waals surface area (Å²) < 4.78 is 11.6. The third kappa shape index (κ3) is 6.58. The number of hydrogen-bond acceptors (Lipinski definition) is 5. The van der Waals surface area contributed by atoms with Crippen LogP contribution in [-0.4, -0.2) is 32.6 Å². The topological polar surface area (TPSA) is 61.3 Å². The lowest BCUT2D eigenvalue weighted by Gasteiger charge is -2.21. The van der Waals surface area contributed by atoms with Crippen LogP contribution >= 0.6 is 0 Å². The molecule has 0 atom stereocenters. The third-order valence-electron chi connectivity index (χ3n) is 3.22. The molecule has 2 aromatic rings. The zero-order chi connectivity index (χ0) is 18.7. The molecule has 0 saturated carbocycles. The maximum Gasteiger partial charge on any atom is 0.292 e. The van der Waals surface area contributed by atoms with Gasteiger partial charge in [0, 0.05) is 6.42 Å². The lowest BCUT2D eigenvalue weighted by atomic mass is 10.2. The zero-order valence-corrected chi connectivity index (χ0v) is 18.0. The van der Waals surface area contributed by atoms with Crippen LogP contribution in [0.2, 0.25) is 39.3 Å². The molecule has 0 spiro atoms. The van der Waals surface area contributed by atoms with Gasteiger partial charge in [-0.05, 0) is 64.3 Å². The fourth-order valence-corrected chi connectivity index (χ4v) is 3.88. The molecule has 0 aliphatic heterocycles. The van der Waals surface area contributed by atoms with Gasteiger partial charge in [0.2, 0.25) is 22.5 Å². The lowest BCUT2D eigenvalue weighted by molar-refractivity contribution is -0.135. The molecule has 0 N–H and O–H groups in total. The van der Waals surface area contributed by atoms with Crippen molar-refractivity contribution in [3.8, 4) is 5.88 Å². The average Bonchev–Trinajstić information content (AvgIpc) is 2.44. The Morgan fingerprint density at radius 3 is 2.12 bits per heavy atom. The molecule has 0 unspecified atom stereocenters. The maximum atomic E-state index is 11.9. The standard InChI is InChI=1S/C18H28N2O3Si2/c1-24(2,3)22-17(21)13-9-12-16-18(23-25(4,5)6)20-15-11-8-7-10-14(15)19-16/h7-8,10-11H,9,12-13H2,1-6H3. The SMILES string of the molecule is C[Si](C)(C)OC(=O)CCCc1nc2ccccc2nc1O[Si](C)(C)C. The van der Waals surface area contributed by atoms with Crippen molar-refractivity contribution in [2.24, 2.45) is 0 Å². The molecule has 5 nitrogen and oxygen atoms in total. The fraction of sp³-hybridized carbons (Fsp3) is 0.500. The molecule has 0 radical (unpaired) electrons. The Morgan fingerprint density at radius 2 is 1.56 bits per heavy atom. The van der Waals surface area contributed by atoms with E-state index in [4.69, 9.17) is 13.8 Å². The summed E-state index contributed by atoms with van der Waals surface area (Å²) in [5.41, 5.74) is 2.50. The Morgan fingerprint density at radius 1 is 0.960 bits per heavy atom. The highest BCUT2D eigenvalue weighted by molar-refractivity contribution is 6.71. The normalized spacial score (nSPS) is 12.2. The Bertz CT molecular complexity index is 752. The number of nitrogens with zero attached hydrogens (tertiary/aromatic N) is 2. The molecule has 0 fully saturated rings. The van der Waals surface area contributed by atoms with Gasteiger partial charge in [0.05, 0.1) is 11.0 Å². The summed E-state index contributed by atoms with van der Waals surface area (Å²) in [7, 11) is -3.62. The van der Waals surface area contributed by atoms with Crippen LogP contribution in [0.25, 0.3) is 11.0 Å². The molecular formula is C18H28N2O3Si2. The van der Waals surface area contributed by atoms with E-state index >= 15 is 0 Å². The number of carbonyl (C=O) groups is 1. The summed E-state index contributed by atoms with van der Waals surface area (Å²) in [4.78, 5) is 21.3. The van der Waals surface area contributed by atoms with Crippen LogP contribution in [0.4, 0.5) is 0 Å². The van der Waals surface area contributed by atoms with E-state index in [1.54, 1.807) is 0 Å². The summed E-state index contributed by atoms with van der Waals surface area (Å²) in [6, 6.07) is 7.78. The molecule has 1 aromatic carbocycles. The molecule has 2 rings (SSSR count). The van der Waals surface area contributed by atoms with Gasteiger partial charge in [0.15, 0.2) is 0 Å². The number of hydrogen-bond donors (Lipinski definition) is 0. The molecule has 0 saturated heterocycles. The second kappa shape index (κ2) is 7.65. The quantitative estimate of drug-likeness (QED) is 0.664. The number of aromatic nitrogens is 2. The summed E-state index contributed by atoms with van der Waals surface area (Å²) in [6.45, 7) is 12.4. The van der Waals surface area contributed by atoms with Crippen molar-refractivity contribution < 1.29 is 13.6 Å². The van der Waals surface area contributed by atoms with Gasteiger partial charge < -0.3 is 8.85 Å². The second-order valence-electron chi connectivity index (χ2n) is 8.12. The first-order chi connectivity index (χ1) is 11.5. The minimum atomic E-state index is -1.83. The van der Waals surface area contributed by atoms with Crippen molar-refractivity contribution in [3.63, 3.8) is 0 Å². The monoisotopic (exact) mass is 376 g/mol. The Kier molecular flexibility index (Phi) is 6.00. The van der Waals surface area contributed by atoms with Gasteiger partial charge in [-0.1, -0.05) is 12.1 Å². The van der Waals surface area contributed by atoms with E-state index in [0.717, 1.165) is 16.7 Å². The molecule has 7 heteroatoms. The number of para-hydroxylation sites is 2. The third-order valence-corrected chi connectivity index (χ3v) is 4.87. The smallest absolute Gasteiger partial charge is 0.292 e. The summed E-state index contributed by atoms with van der Waals surface area (Å²) in [5, 5.41) is 0. The van der Waals surface area contributed by atoms with Gasteiger partial charge in [-0.15, -0.1) is 0 Å². The second-order valence-corrected chi connectivity index (χ2v) is 17.0. The predicted molar refractivity (Wildman–Crippen MR) is 106 cm³/mol. The van der Waals surface area contributed by atoms with Crippen LogP contribution in [0, 0.1) is 0 Å². The van der Waals surface area contributed by atoms with E-state index < -0.39 is 16.6 Å². The van der Waals surface area contributed by atoms with Crippen molar-refractivity contribution in [2.45, 2.75) is 58.5 Å². The van der Waals surface area contributed by atoms with E-state index in [-0.39, 0.29) is 5.97 Å². The van der Waals surface area contributed by atoms with Crippen molar-refractivity contribution in [3.05, 3.63) is 30.0 Å². The van der Waals surface area contributed by atoms with E-state index in [2.05, 4.69) is 24.6 Å². The van der Waals surface area contributed by atoms with E-state index in [1.165, 1.54) is 0 Å². The largest absolute Gasteiger partial charge is 0.530 e. The predicted octanol–water partition coefficient (Wildman–Crippen LogP) is 4.54. The molecule has 1 aromatic heterocycles. The minimum Gasteiger partial charge on any atom is -0.530 e. The number of benzene rings is 1. The van der Waals surface area contributed by atoms with E-state index in [0.29, 0.717) is 25.1 Å². The van der Waals surface area contributed by atoms with E-state index in [1.807, 2.05) is 43.9 Å². The summed E-state index contributed by atoms with van der Waals surface area (Å²) >= 11 is 0. The lowest BCUT2D eigenvalue weighted by Crippen LogP contribution is -2.30. The number of rotatable bonds is 7. The van der Waals surface area contributed by atoms with Gasteiger partial charge in [-0.3, -0.25) is 4.79 Å². The van der Waals surface area contributed by atoms with Gasteiger partial charge >= 0.3 is 0 Å². The highest BCUT2D eigenvalue weighted by atomic mass is 28.4. The maximum absolute atomic E-state index is 11.9.